The van der Waals surface area contributed by atoms with Crippen molar-refractivity contribution in [3.63, 3.8) is 0 Å². The lowest BCUT2D eigenvalue weighted by Gasteiger charge is -2.29. The third kappa shape index (κ3) is 4.75. The van der Waals surface area contributed by atoms with E-state index < -0.39 is 0 Å². The first-order valence-corrected chi connectivity index (χ1v) is 11.6. The number of rotatable bonds is 6. The molecule has 5 nitrogen and oxygen atoms in total. The maximum Gasteiger partial charge on any atom is 0.230 e. The van der Waals surface area contributed by atoms with Crippen molar-refractivity contribution < 1.29 is 4.79 Å². The summed E-state index contributed by atoms with van der Waals surface area (Å²) in [6.07, 6.45) is 4.74. The second kappa shape index (κ2) is 9.47. The maximum atomic E-state index is 12.6. The molecule has 0 spiro atoms. The van der Waals surface area contributed by atoms with Crippen molar-refractivity contribution in [2.75, 3.05) is 5.75 Å². The van der Waals surface area contributed by atoms with E-state index in [2.05, 4.69) is 53.6 Å². The summed E-state index contributed by atoms with van der Waals surface area (Å²) in [5, 5.41) is 12.8. The predicted molar refractivity (Wildman–Crippen MR) is 122 cm³/mol. The minimum atomic E-state index is 0.0680. The zero-order valence-electron chi connectivity index (χ0n) is 17.5. The highest BCUT2D eigenvalue weighted by atomic mass is 32.2. The highest BCUT2D eigenvalue weighted by molar-refractivity contribution is 7.99. The van der Waals surface area contributed by atoms with Gasteiger partial charge in [0.1, 0.15) is 0 Å². The van der Waals surface area contributed by atoms with Gasteiger partial charge >= 0.3 is 0 Å². The van der Waals surface area contributed by atoms with Crippen LogP contribution in [-0.4, -0.2) is 32.5 Å². The van der Waals surface area contributed by atoms with Crippen LogP contribution >= 0.6 is 11.8 Å². The quantitative estimate of drug-likeness (QED) is 0.568. The molecule has 1 aliphatic rings. The number of aryl methyl sites for hydroxylation is 1. The second-order valence-corrected chi connectivity index (χ2v) is 9.01. The molecule has 0 radical (unpaired) electrons. The van der Waals surface area contributed by atoms with E-state index in [0.717, 1.165) is 28.7 Å². The Bertz CT molecular complexity index is 984. The number of hydrogen-bond donors (Lipinski definition) is 1. The van der Waals surface area contributed by atoms with E-state index in [1.807, 2.05) is 34.9 Å². The van der Waals surface area contributed by atoms with E-state index in [1.54, 1.807) is 0 Å². The van der Waals surface area contributed by atoms with Gasteiger partial charge in [0.2, 0.25) is 5.91 Å². The molecule has 0 unspecified atom stereocenters. The van der Waals surface area contributed by atoms with Crippen molar-refractivity contribution >= 4 is 17.7 Å². The van der Waals surface area contributed by atoms with Gasteiger partial charge in [-0.2, -0.15) is 0 Å². The summed E-state index contributed by atoms with van der Waals surface area (Å²) >= 11 is 1.44. The Balaban J connectivity index is 1.55. The monoisotopic (exact) mass is 420 g/mol. The van der Waals surface area contributed by atoms with Gasteiger partial charge in [0.25, 0.3) is 0 Å². The molecule has 1 amide bonds. The standard InChI is InChI=1S/C24H28N4OS/c1-17-12-14-20(15-13-17)28-23(19-9-4-3-5-10-19)26-27-24(28)30-16-22(29)25-21-11-7-6-8-18(21)2/h3-5,9-10,12-15,18,21H,6-8,11,16H2,1-2H3,(H,25,29)/t18-,21+/m1/s1. The summed E-state index contributed by atoms with van der Waals surface area (Å²) in [7, 11) is 0. The number of aromatic nitrogens is 3. The molecule has 6 heteroatoms. The molecule has 1 N–H and O–H groups in total. The molecule has 0 saturated heterocycles. The number of nitrogens with one attached hydrogen (secondary N) is 1. The van der Waals surface area contributed by atoms with E-state index in [9.17, 15) is 4.79 Å². The zero-order chi connectivity index (χ0) is 20.9. The molecule has 156 valence electrons. The Kier molecular flexibility index (Phi) is 6.53. The molecule has 1 fully saturated rings. The van der Waals surface area contributed by atoms with Crippen LogP contribution in [0.15, 0.2) is 59.8 Å². The highest BCUT2D eigenvalue weighted by Gasteiger charge is 2.23. The molecule has 1 saturated carbocycles. The molecular formula is C24H28N4OS. The van der Waals surface area contributed by atoms with Crippen LogP contribution in [0.2, 0.25) is 0 Å². The molecule has 4 rings (SSSR count). The molecule has 0 bridgehead atoms. The first-order valence-electron chi connectivity index (χ1n) is 10.6. The van der Waals surface area contributed by atoms with Gasteiger partial charge in [0.05, 0.1) is 5.75 Å². The van der Waals surface area contributed by atoms with Crippen LogP contribution in [0, 0.1) is 12.8 Å². The average Bonchev–Trinajstić information content (AvgIpc) is 3.19. The third-order valence-electron chi connectivity index (χ3n) is 5.75. The van der Waals surface area contributed by atoms with E-state index in [-0.39, 0.29) is 5.91 Å². The fourth-order valence-electron chi connectivity index (χ4n) is 3.97. The lowest BCUT2D eigenvalue weighted by molar-refractivity contribution is -0.119. The molecule has 0 aliphatic heterocycles. The lowest BCUT2D eigenvalue weighted by Crippen LogP contribution is -2.41. The van der Waals surface area contributed by atoms with Crippen molar-refractivity contribution in [3.05, 3.63) is 60.2 Å². The Hall–Kier alpha value is -2.60. The molecule has 1 aromatic heterocycles. The summed E-state index contributed by atoms with van der Waals surface area (Å²) in [6.45, 7) is 4.30. The van der Waals surface area contributed by atoms with Gasteiger partial charge in [-0.25, -0.2) is 0 Å². The number of benzene rings is 2. The van der Waals surface area contributed by atoms with Crippen molar-refractivity contribution in [2.24, 2.45) is 5.92 Å². The fourth-order valence-corrected chi connectivity index (χ4v) is 4.74. The summed E-state index contributed by atoms with van der Waals surface area (Å²) in [5.41, 5.74) is 3.19. The van der Waals surface area contributed by atoms with Gasteiger partial charge < -0.3 is 5.32 Å². The summed E-state index contributed by atoms with van der Waals surface area (Å²) in [5.74, 6) is 1.73. The fraction of sp³-hybridized carbons (Fsp3) is 0.375. The van der Waals surface area contributed by atoms with Gasteiger partial charge in [-0.1, -0.05) is 79.6 Å². The summed E-state index contributed by atoms with van der Waals surface area (Å²) < 4.78 is 2.04. The third-order valence-corrected chi connectivity index (χ3v) is 6.68. The van der Waals surface area contributed by atoms with E-state index in [4.69, 9.17) is 0 Å². The number of hydrogen-bond acceptors (Lipinski definition) is 4. The maximum absolute atomic E-state index is 12.6. The van der Waals surface area contributed by atoms with E-state index in [0.29, 0.717) is 17.7 Å². The molecule has 30 heavy (non-hydrogen) atoms. The zero-order valence-corrected chi connectivity index (χ0v) is 18.4. The topological polar surface area (TPSA) is 59.8 Å². The Morgan fingerprint density at radius 2 is 1.80 bits per heavy atom. The lowest BCUT2D eigenvalue weighted by atomic mass is 9.86. The van der Waals surface area contributed by atoms with Gasteiger partial charge in [-0.3, -0.25) is 9.36 Å². The Labute approximate surface area is 182 Å². The minimum Gasteiger partial charge on any atom is -0.352 e. The van der Waals surface area contributed by atoms with Crippen LogP contribution in [0.3, 0.4) is 0 Å². The normalized spacial score (nSPS) is 18.9. The number of carbonyl (C=O) groups is 1. The van der Waals surface area contributed by atoms with Crippen molar-refractivity contribution in [2.45, 2.75) is 50.7 Å². The Morgan fingerprint density at radius 3 is 2.53 bits per heavy atom. The first-order chi connectivity index (χ1) is 14.6. The van der Waals surface area contributed by atoms with Gasteiger partial charge in [0.15, 0.2) is 11.0 Å². The predicted octanol–water partition coefficient (Wildman–Crippen LogP) is 5.03. The highest BCUT2D eigenvalue weighted by Crippen LogP contribution is 2.28. The second-order valence-electron chi connectivity index (χ2n) is 8.07. The SMILES string of the molecule is Cc1ccc(-n2c(SCC(=O)N[C@H]3CCCC[C@H]3C)nnc2-c2ccccc2)cc1. The minimum absolute atomic E-state index is 0.0680. The van der Waals surface area contributed by atoms with Crippen LogP contribution in [0.4, 0.5) is 0 Å². The van der Waals surface area contributed by atoms with Crippen molar-refractivity contribution in [3.8, 4) is 17.1 Å². The van der Waals surface area contributed by atoms with Crippen LogP contribution in [0.1, 0.15) is 38.2 Å². The summed E-state index contributed by atoms with van der Waals surface area (Å²) in [6, 6.07) is 18.6. The molecule has 2 aromatic carbocycles. The summed E-state index contributed by atoms with van der Waals surface area (Å²) in [4.78, 5) is 12.6. The van der Waals surface area contributed by atoms with E-state index >= 15 is 0 Å². The molecular weight excluding hydrogens is 392 g/mol. The number of carbonyl (C=O) groups excluding carboxylic acids is 1. The Morgan fingerprint density at radius 1 is 1.07 bits per heavy atom. The molecule has 1 heterocycles. The van der Waals surface area contributed by atoms with Gasteiger partial charge in [-0.05, 0) is 37.8 Å². The first kappa shape index (κ1) is 20.7. The van der Waals surface area contributed by atoms with Gasteiger partial charge in [-0.15, -0.1) is 10.2 Å². The van der Waals surface area contributed by atoms with Crippen molar-refractivity contribution in [1.82, 2.24) is 20.1 Å². The molecule has 3 aromatic rings. The van der Waals surface area contributed by atoms with E-state index in [1.165, 1.54) is 36.6 Å². The van der Waals surface area contributed by atoms with Crippen LogP contribution < -0.4 is 5.32 Å². The van der Waals surface area contributed by atoms with Crippen LogP contribution in [0.25, 0.3) is 17.1 Å². The van der Waals surface area contributed by atoms with Crippen molar-refractivity contribution in [1.29, 1.82) is 0 Å². The van der Waals surface area contributed by atoms with Gasteiger partial charge in [0, 0.05) is 17.3 Å². The largest absolute Gasteiger partial charge is 0.352 e. The number of thioether (sulfide) groups is 1. The molecule has 1 aliphatic carbocycles. The van der Waals surface area contributed by atoms with Crippen LogP contribution in [-0.2, 0) is 4.79 Å². The smallest absolute Gasteiger partial charge is 0.230 e. The number of amides is 1. The van der Waals surface area contributed by atoms with Crippen LogP contribution in [0.5, 0.6) is 0 Å². The number of nitrogens with zero attached hydrogens (tertiary/aromatic N) is 3. The average molecular weight is 421 g/mol. The molecule has 2 atom stereocenters.